The number of benzene rings is 1. The molecule has 1 aromatic rings. The van der Waals surface area contributed by atoms with Gasteiger partial charge in [0.1, 0.15) is 0 Å². The molecule has 0 aromatic heterocycles. The predicted molar refractivity (Wildman–Crippen MR) is 76.1 cm³/mol. The Morgan fingerprint density at radius 1 is 1.45 bits per heavy atom. The van der Waals surface area contributed by atoms with Gasteiger partial charge in [-0.25, -0.2) is 0 Å². The zero-order valence-corrected chi connectivity index (χ0v) is 12.4. The molecular formula is C16H20F3NO2. The molecule has 2 unspecified atom stereocenters. The van der Waals surface area contributed by atoms with E-state index in [-0.39, 0.29) is 30.8 Å². The first kappa shape index (κ1) is 16.8. The minimum Gasteiger partial charge on any atom is -0.396 e. The topological polar surface area (TPSA) is 40.5 Å². The second-order valence-electron chi connectivity index (χ2n) is 5.92. The Bertz CT molecular complexity index is 530. The quantitative estimate of drug-likeness (QED) is 0.928. The summed E-state index contributed by atoms with van der Waals surface area (Å²) in [6.45, 7) is 2.93. The molecular weight excluding hydrogens is 295 g/mol. The minimum atomic E-state index is -4.37. The third-order valence-corrected chi connectivity index (χ3v) is 4.07. The van der Waals surface area contributed by atoms with Gasteiger partial charge in [0.2, 0.25) is 5.91 Å². The average Bonchev–Trinajstić information content (AvgIpc) is 2.94. The summed E-state index contributed by atoms with van der Waals surface area (Å²) in [5.41, 5.74) is -0.181. The van der Waals surface area contributed by atoms with E-state index in [0.29, 0.717) is 18.7 Å². The van der Waals surface area contributed by atoms with Gasteiger partial charge in [-0.2, -0.15) is 13.2 Å². The predicted octanol–water partition coefficient (Wildman–Crippen LogP) is 2.72. The molecule has 1 fully saturated rings. The Morgan fingerprint density at radius 2 is 2.18 bits per heavy atom. The fourth-order valence-electron chi connectivity index (χ4n) is 2.81. The molecule has 0 bridgehead atoms. The molecule has 1 aliphatic heterocycles. The van der Waals surface area contributed by atoms with Gasteiger partial charge in [0.25, 0.3) is 0 Å². The van der Waals surface area contributed by atoms with Crippen molar-refractivity contribution in [2.24, 2.45) is 11.8 Å². The maximum Gasteiger partial charge on any atom is 0.416 e. The van der Waals surface area contributed by atoms with E-state index in [1.54, 1.807) is 17.9 Å². The standard InChI is InChI=1S/C16H20F3NO2/c1-11(15(22)20-6-5-13(9-20)10-21)7-12-3-2-4-14(8-12)16(17,18)19/h2-4,8,11,13,21H,5-7,9-10H2,1H3. The zero-order valence-electron chi connectivity index (χ0n) is 12.4. The molecule has 6 heteroatoms. The van der Waals surface area contributed by atoms with Crippen molar-refractivity contribution in [1.82, 2.24) is 4.90 Å². The number of nitrogens with zero attached hydrogens (tertiary/aromatic N) is 1. The first-order valence-electron chi connectivity index (χ1n) is 7.37. The minimum absolute atomic E-state index is 0.0613. The number of likely N-dealkylation sites (tertiary alicyclic amines) is 1. The summed E-state index contributed by atoms with van der Waals surface area (Å²) >= 11 is 0. The van der Waals surface area contributed by atoms with Crippen LogP contribution in [0.4, 0.5) is 13.2 Å². The van der Waals surface area contributed by atoms with Gasteiger partial charge in [0, 0.05) is 31.5 Å². The maximum absolute atomic E-state index is 12.7. The van der Waals surface area contributed by atoms with Crippen LogP contribution in [0, 0.1) is 11.8 Å². The van der Waals surface area contributed by atoms with E-state index >= 15 is 0 Å². The number of alkyl halides is 3. The molecule has 2 atom stereocenters. The zero-order chi connectivity index (χ0) is 16.3. The second-order valence-corrected chi connectivity index (χ2v) is 5.92. The smallest absolute Gasteiger partial charge is 0.396 e. The van der Waals surface area contributed by atoms with Gasteiger partial charge in [-0.15, -0.1) is 0 Å². The molecule has 1 heterocycles. The summed E-state index contributed by atoms with van der Waals surface area (Å²) in [7, 11) is 0. The van der Waals surface area contributed by atoms with Gasteiger partial charge < -0.3 is 10.0 Å². The van der Waals surface area contributed by atoms with Gasteiger partial charge >= 0.3 is 6.18 Å². The molecule has 0 aliphatic carbocycles. The van der Waals surface area contributed by atoms with Crippen LogP contribution in [0.1, 0.15) is 24.5 Å². The monoisotopic (exact) mass is 315 g/mol. The molecule has 1 amide bonds. The van der Waals surface area contributed by atoms with Crippen LogP contribution in [0.25, 0.3) is 0 Å². The van der Waals surface area contributed by atoms with Crippen LogP contribution in [0.5, 0.6) is 0 Å². The molecule has 1 aliphatic rings. The normalized spacial score (nSPS) is 20.2. The highest BCUT2D eigenvalue weighted by atomic mass is 19.4. The number of hydrogen-bond acceptors (Lipinski definition) is 2. The average molecular weight is 315 g/mol. The van der Waals surface area contributed by atoms with Crippen molar-refractivity contribution in [3.05, 3.63) is 35.4 Å². The van der Waals surface area contributed by atoms with Crippen molar-refractivity contribution in [2.75, 3.05) is 19.7 Å². The Kier molecular flexibility index (Phi) is 5.11. The number of carbonyl (C=O) groups excluding carboxylic acids is 1. The Hall–Kier alpha value is -1.56. The molecule has 0 spiro atoms. The van der Waals surface area contributed by atoms with Crippen molar-refractivity contribution in [1.29, 1.82) is 0 Å². The molecule has 22 heavy (non-hydrogen) atoms. The number of amides is 1. The van der Waals surface area contributed by atoms with Crippen LogP contribution in [0.15, 0.2) is 24.3 Å². The van der Waals surface area contributed by atoms with Crippen LogP contribution >= 0.6 is 0 Å². The lowest BCUT2D eigenvalue weighted by Crippen LogP contribution is -2.34. The van der Waals surface area contributed by atoms with Gasteiger partial charge in [-0.05, 0) is 24.5 Å². The second kappa shape index (κ2) is 6.69. The Labute approximate surface area is 127 Å². The summed E-state index contributed by atoms with van der Waals surface area (Å²) in [6.07, 6.45) is -3.31. The third-order valence-electron chi connectivity index (χ3n) is 4.07. The molecule has 122 valence electrons. The molecule has 0 saturated carbocycles. The summed E-state index contributed by atoms with van der Waals surface area (Å²) in [5.74, 6) is -0.320. The number of hydrogen-bond donors (Lipinski definition) is 1. The van der Waals surface area contributed by atoms with E-state index in [2.05, 4.69) is 0 Å². The van der Waals surface area contributed by atoms with Crippen molar-refractivity contribution in [3.8, 4) is 0 Å². The first-order valence-corrected chi connectivity index (χ1v) is 7.37. The van der Waals surface area contributed by atoms with E-state index in [9.17, 15) is 18.0 Å². The molecule has 1 saturated heterocycles. The van der Waals surface area contributed by atoms with Crippen LogP contribution in [0.3, 0.4) is 0 Å². The summed E-state index contributed by atoms with van der Waals surface area (Å²) in [5, 5.41) is 9.10. The van der Waals surface area contributed by atoms with Crippen molar-refractivity contribution < 1.29 is 23.1 Å². The van der Waals surface area contributed by atoms with Crippen LogP contribution in [-0.4, -0.2) is 35.6 Å². The number of aliphatic hydroxyl groups is 1. The van der Waals surface area contributed by atoms with Crippen molar-refractivity contribution >= 4 is 5.91 Å². The highest BCUT2D eigenvalue weighted by molar-refractivity contribution is 5.79. The lowest BCUT2D eigenvalue weighted by Gasteiger charge is -2.21. The largest absolute Gasteiger partial charge is 0.416 e. The SMILES string of the molecule is CC(Cc1cccc(C(F)(F)F)c1)C(=O)N1CCC(CO)C1. The molecule has 1 N–H and O–H groups in total. The molecule has 2 rings (SSSR count). The van der Waals surface area contributed by atoms with Crippen molar-refractivity contribution in [3.63, 3.8) is 0 Å². The number of aliphatic hydroxyl groups excluding tert-OH is 1. The van der Waals surface area contributed by atoms with Crippen LogP contribution in [0.2, 0.25) is 0 Å². The van der Waals surface area contributed by atoms with Crippen LogP contribution in [-0.2, 0) is 17.4 Å². The van der Waals surface area contributed by atoms with Gasteiger partial charge in [-0.1, -0.05) is 25.1 Å². The highest BCUT2D eigenvalue weighted by Gasteiger charge is 2.31. The lowest BCUT2D eigenvalue weighted by atomic mass is 9.98. The number of carbonyl (C=O) groups is 1. The highest BCUT2D eigenvalue weighted by Crippen LogP contribution is 2.30. The third kappa shape index (κ3) is 4.00. The van der Waals surface area contributed by atoms with E-state index < -0.39 is 11.7 Å². The van der Waals surface area contributed by atoms with Crippen molar-refractivity contribution in [2.45, 2.75) is 25.9 Å². The summed E-state index contributed by atoms with van der Waals surface area (Å²) in [4.78, 5) is 14.0. The van der Waals surface area contributed by atoms with Gasteiger partial charge in [0.05, 0.1) is 5.56 Å². The molecule has 0 radical (unpaired) electrons. The molecule has 1 aromatic carbocycles. The summed E-state index contributed by atoms with van der Waals surface area (Å²) in [6, 6.07) is 5.11. The summed E-state index contributed by atoms with van der Waals surface area (Å²) < 4.78 is 38.1. The van der Waals surface area contributed by atoms with E-state index in [1.807, 2.05) is 0 Å². The fraction of sp³-hybridized carbons (Fsp3) is 0.562. The fourth-order valence-corrected chi connectivity index (χ4v) is 2.81. The maximum atomic E-state index is 12.7. The lowest BCUT2D eigenvalue weighted by molar-refractivity contribution is -0.137. The number of rotatable bonds is 4. The van der Waals surface area contributed by atoms with E-state index in [1.165, 1.54) is 6.07 Å². The molecule has 3 nitrogen and oxygen atoms in total. The van der Waals surface area contributed by atoms with Gasteiger partial charge in [0.15, 0.2) is 0 Å². The van der Waals surface area contributed by atoms with E-state index in [0.717, 1.165) is 18.6 Å². The Morgan fingerprint density at radius 3 is 2.77 bits per heavy atom. The van der Waals surface area contributed by atoms with Gasteiger partial charge in [-0.3, -0.25) is 4.79 Å². The van der Waals surface area contributed by atoms with Crippen LogP contribution < -0.4 is 0 Å². The van der Waals surface area contributed by atoms with E-state index in [4.69, 9.17) is 5.11 Å². The first-order chi connectivity index (χ1) is 10.3. The Balaban J connectivity index is 2.00. The number of halogens is 3.